The summed E-state index contributed by atoms with van der Waals surface area (Å²) in [6, 6.07) is 4.03. The zero-order valence-electron chi connectivity index (χ0n) is 10.2. The smallest absolute Gasteiger partial charge is 0.253 e. The second-order valence-electron chi connectivity index (χ2n) is 5.49. The Kier molecular flexibility index (Phi) is 2.69. The van der Waals surface area contributed by atoms with Crippen molar-refractivity contribution in [3.63, 3.8) is 0 Å². The Morgan fingerprint density at radius 2 is 1.76 bits per heavy atom. The van der Waals surface area contributed by atoms with E-state index in [0.717, 1.165) is 12.8 Å². The highest BCUT2D eigenvalue weighted by Crippen LogP contribution is 2.42. The summed E-state index contributed by atoms with van der Waals surface area (Å²) in [5, 5.41) is 0. The van der Waals surface area contributed by atoms with E-state index in [1.807, 2.05) is 10.6 Å². The van der Waals surface area contributed by atoms with Gasteiger partial charge >= 0.3 is 0 Å². The topological polar surface area (TPSA) is 48.0 Å². The lowest BCUT2D eigenvalue weighted by Crippen LogP contribution is -2.28. The molecule has 1 aromatic heterocycles. The molecule has 0 aromatic carbocycles. The van der Waals surface area contributed by atoms with E-state index in [0.29, 0.717) is 17.6 Å². The fraction of sp³-hybridized carbons (Fsp3) is 0.643. The van der Waals surface area contributed by atoms with E-state index < -0.39 is 0 Å². The van der Waals surface area contributed by atoms with Gasteiger partial charge in [0.1, 0.15) is 0 Å². The molecule has 3 nitrogen and oxygen atoms in total. The maximum absolute atomic E-state index is 12.2. The Balaban J connectivity index is 2.03. The lowest BCUT2D eigenvalue weighted by atomic mass is 9.94. The van der Waals surface area contributed by atoms with Gasteiger partial charge in [-0.05, 0) is 37.7 Å². The van der Waals surface area contributed by atoms with E-state index in [1.54, 1.807) is 6.07 Å². The molecular formula is C14H20N2O. The van der Waals surface area contributed by atoms with Crippen molar-refractivity contribution in [2.75, 3.05) is 5.73 Å². The number of nitrogens with two attached hydrogens (primary N) is 1. The predicted octanol–water partition coefficient (Wildman–Crippen LogP) is 2.81. The number of nitrogen functional groups attached to an aromatic ring is 1. The number of anilines is 1. The molecule has 0 atom stereocenters. The Morgan fingerprint density at radius 3 is 2.41 bits per heavy atom. The van der Waals surface area contributed by atoms with E-state index in [2.05, 4.69) is 0 Å². The molecule has 2 fully saturated rings. The predicted molar refractivity (Wildman–Crippen MR) is 69.2 cm³/mol. The largest absolute Gasteiger partial charge is 0.399 e. The Morgan fingerprint density at radius 1 is 1.06 bits per heavy atom. The van der Waals surface area contributed by atoms with Crippen LogP contribution in [0.15, 0.2) is 16.9 Å². The molecule has 0 spiro atoms. The van der Waals surface area contributed by atoms with Crippen molar-refractivity contribution in [2.24, 2.45) is 0 Å². The summed E-state index contributed by atoms with van der Waals surface area (Å²) in [6.45, 7) is 0. The highest BCUT2D eigenvalue weighted by atomic mass is 16.1. The van der Waals surface area contributed by atoms with E-state index in [1.165, 1.54) is 37.8 Å². The van der Waals surface area contributed by atoms with Crippen LogP contribution in [0.3, 0.4) is 0 Å². The van der Waals surface area contributed by atoms with E-state index in [-0.39, 0.29) is 5.56 Å². The first kappa shape index (κ1) is 10.9. The summed E-state index contributed by atoms with van der Waals surface area (Å²) in [5.41, 5.74) is 7.74. The summed E-state index contributed by atoms with van der Waals surface area (Å²) >= 11 is 0. The van der Waals surface area contributed by atoms with Gasteiger partial charge in [-0.2, -0.15) is 0 Å². The molecule has 0 unspecified atom stereocenters. The van der Waals surface area contributed by atoms with Crippen LogP contribution in [0.25, 0.3) is 0 Å². The molecule has 1 heterocycles. The first-order valence-corrected chi connectivity index (χ1v) is 6.77. The Hall–Kier alpha value is -1.25. The maximum Gasteiger partial charge on any atom is 0.253 e. The number of hydrogen-bond donors (Lipinski definition) is 1. The third kappa shape index (κ3) is 2.11. The molecule has 0 saturated heterocycles. The minimum Gasteiger partial charge on any atom is -0.399 e. The maximum atomic E-state index is 12.2. The average molecular weight is 232 g/mol. The second-order valence-corrected chi connectivity index (χ2v) is 5.49. The van der Waals surface area contributed by atoms with Gasteiger partial charge in [-0.15, -0.1) is 0 Å². The Bertz CT molecular complexity index is 468. The van der Waals surface area contributed by atoms with Crippen LogP contribution in [0.2, 0.25) is 0 Å². The van der Waals surface area contributed by atoms with Gasteiger partial charge in [-0.25, -0.2) is 0 Å². The van der Waals surface area contributed by atoms with Crippen molar-refractivity contribution >= 4 is 5.69 Å². The third-order valence-electron chi connectivity index (χ3n) is 4.06. The number of aromatic nitrogens is 1. The van der Waals surface area contributed by atoms with Crippen molar-refractivity contribution < 1.29 is 0 Å². The third-order valence-corrected chi connectivity index (χ3v) is 4.06. The summed E-state index contributed by atoms with van der Waals surface area (Å²) in [7, 11) is 0. The molecule has 0 radical (unpaired) electrons. The first-order valence-electron chi connectivity index (χ1n) is 6.77. The standard InChI is InChI=1S/C14H20N2O/c15-11-8-13(10-6-7-10)16(14(17)9-11)12-4-2-1-3-5-12/h8-10,12H,1-7,15H2. The van der Waals surface area contributed by atoms with Gasteiger partial charge in [0.25, 0.3) is 5.56 Å². The quantitative estimate of drug-likeness (QED) is 0.852. The van der Waals surface area contributed by atoms with Crippen LogP contribution >= 0.6 is 0 Å². The number of pyridine rings is 1. The normalized spacial score (nSPS) is 21.6. The second kappa shape index (κ2) is 4.21. The summed E-state index contributed by atoms with van der Waals surface area (Å²) in [5.74, 6) is 0.591. The molecule has 3 heteroatoms. The van der Waals surface area contributed by atoms with Crippen molar-refractivity contribution in [3.05, 3.63) is 28.2 Å². The van der Waals surface area contributed by atoms with Gasteiger partial charge in [0.05, 0.1) is 0 Å². The van der Waals surface area contributed by atoms with Crippen molar-refractivity contribution in [3.8, 4) is 0 Å². The number of rotatable bonds is 2. The number of hydrogen-bond acceptors (Lipinski definition) is 2. The molecular weight excluding hydrogens is 212 g/mol. The van der Waals surface area contributed by atoms with E-state index in [9.17, 15) is 4.79 Å². The van der Waals surface area contributed by atoms with Crippen molar-refractivity contribution in [1.82, 2.24) is 4.57 Å². The molecule has 1 aromatic rings. The highest BCUT2D eigenvalue weighted by molar-refractivity contribution is 5.40. The summed E-state index contributed by atoms with van der Waals surface area (Å²) in [4.78, 5) is 12.2. The molecule has 2 aliphatic carbocycles. The van der Waals surface area contributed by atoms with Gasteiger partial charge in [-0.1, -0.05) is 19.3 Å². The minimum atomic E-state index is 0.110. The van der Waals surface area contributed by atoms with Gasteiger partial charge in [-0.3, -0.25) is 4.79 Å². The SMILES string of the molecule is Nc1cc(C2CC2)n(C2CCCCC2)c(=O)c1. The van der Waals surface area contributed by atoms with Crippen LogP contribution in [0.1, 0.15) is 62.6 Å². The lowest BCUT2D eigenvalue weighted by molar-refractivity contribution is 0.339. The monoisotopic (exact) mass is 232 g/mol. The molecule has 92 valence electrons. The van der Waals surface area contributed by atoms with Gasteiger partial charge in [0, 0.05) is 23.5 Å². The van der Waals surface area contributed by atoms with Gasteiger partial charge in [0.15, 0.2) is 0 Å². The molecule has 0 aliphatic heterocycles. The lowest BCUT2D eigenvalue weighted by Gasteiger charge is -2.26. The zero-order chi connectivity index (χ0) is 11.8. The van der Waals surface area contributed by atoms with Crippen molar-refractivity contribution in [1.29, 1.82) is 0 Å². The van der Waals surface area contributed by atoms with Crippen LogP contribution < -0.4 is 11.3 Å². The molecule has 0 amide bonds. The average Bonchev–Trinajstić information content (AvgIpc) is 3.13. The Labute approximate surface area is 102 Å². The molecule has 17 heavy (non-hydrogen) atoms. The number of nitrogens with zero attached hydrogens (tertiary/aromatic N) is 1. The van der Waals surface area contributed by atoms with Gasteiger partial charge in [0.2, 0.25) is 0 Å². The minimum absolute atomic E-state index is 0.110. The van der Waals surface area contributed by atoms with Crippen LogP contribution in [-0.2, 0) is 0 Å². The van der Waals surface area contributed by atoms with E-state index in [4.69, 9.17) is 5.73 Å². The molecule has 2 N–H and O–H groups in total. The van der Waals surface area contributed by atoms with Crippen LogP contribution in [0, 0.1) is 0 Å². The molecule has 2 aliphatic rings. The molecule has 2 saturated carbocycles. The fourth-order valence-electron chi connectivity index (χ4n) is 3.04. The van der Waals surface area contributed by atoms with Gasteiger partial charge < -0.3 is 10.3 Å². The first-order chi connectivity index (χ1) is 8.25. The fourth-order valence-corrected chi connectivity index (χ4v) is 3.04. The van der Waals surface area contributed by atoms with Crippen LogP contribution in [-0.4, -0.2) is 4.57 Å². The molecule has 0 bridgehead atoms. The summed E-state index contributed by atoms with van der Waals surface area (Å²) in [6.07, 6.45) is 8.58. The van der Waals surface area contributed by atoms with E-state index >= 15 is 0 Å². The van der Waals surface area contributed by atoms with Crippen LogP contribution in [0.4, 0.5) is 5.69 Å². The van der Waals surface area contributed by atoms with Crippen LogP contribution in [0.5, 0.6) is 0 Å². The highest BCUT2D eigenvalue weighted by Gasteiger charge is 2.29. The zero-order valence-corrected chi connectivity index (χ0v) is 10.2. The van der Waals surface area contributed by atoms with Crippen molar-refractivity contribution in [2.45, 2.75) is 56.9 Å². The summed E-state index contributed by atoms with van der Waals surface area (Å²) < 4.78 is 2.05. The molecule has 3 rings (SSSR count).